The number of amidine groups is 1. The predicted octanol–water partition coefficient (Wildman–Crippen LogP) is 5.66. The fourth-order valence-electron chi connectivity index (χ4n) is 3.47. The van der Waals surface area contributed by atoms with E-state index in [0.717, 1.165) is 25.7 Å². The van der Waals surface area contributed by atoms with Crippen molar-refractivity contribution in [2.24, 2.45) is 10.7 Å². The zero-order chi connectivity index (χ0) is 19.8. The van der Waals surface area contributed by atoms with E-state index in [-0.39, 0.29) is 11.4 Å². The Balaban J connectivity index is 1.86. The van der Waals surface area contributed by atoms with E-state index in [1.165, 1.54) is 70.6 Å². The molecule has 4 heteroatoms. The normalized spacial score (nSPS) is 16.0. The second kappa shape index (κ2) is 14.7. The van der Waals surface area contributed by atoms with Crippen LogP contribution in [0.4, 0.5) is 0 Å². The molecule has 27 heavy (non-hydrogen) atoms. The number of allylic oxidation sites excluding steroid dienone is 2. The highest BCUT2D eigenvalue weighted by atomic mass is 16.1. The average Bonchev–Trinajstić information content (AvgIpc) is 3.44. The van der Waals surface area contributed by atoms with Crippen molar-refractivity contribution in [1.82, 2.24) is 5.32 Å². The lowest BCUT2D eigenvalue weighted by Crippen LogP contribution is -2.46. The van der Waals surface area contributed by atoms with E-state index in [1.54, 1.807) is 7.05 Å². The van der Waals surface area contributed by atoms with Crippen LogP contribution >= 0.6 is 0 Å². The lowest BCUT2D eigenvalue weighted by atomic mass is 10.1. The number of hydrogen-bond donors (Lipinski definition) is 2. The van der Waals surface area contributed by atoms with E-state index in [9.17, 15) is 4.79 Å². The summed E-state index contributed by atoms with van der Waals surface area (Å²) >= 11 is 0. The molecule has 0 unspecified atom stereocenters. The molecule has 0 saturated heterocycles. The first-order valence-corrected chi connectivity index (χ1v) is 11.3. The minimum Gasteiger partial charge on any atom is -0.386 e. The van der Waals surface area contributed by atoms with Crippen LogP contribution in [0.3, 0.4) is 0 Å². The quantitative estimate of drug-likeness (QED) is 0.149. The topological polar surface area (TPSA) is 67.5 Å². The van der Waals surface area contributed by atoms with Crippen molar-refractivity contribution >= 4 is 11.7 Å². The Bertz CT molecular complexity index is 453. The number of hydrogen-bond acceptors (Lipinski definition) is 2. The molecule has 156 valence electrons. The summed E-state index contributed by atoms with van der Waals surface area (Å²) in [7, 11) is 1.69. The third-order valence-corrected chi connectivity index (χ3v) is 5.53. The Morgan fingerprint density at radius 2 is 1.44 bits per heavy atom. The van der Waals surface area contributed by atoms with Gasteiger partial charge in [-0.2, -0.15) is 0 Å². The standard InChI is InChI=1S/C23H43N3O/c1-3-4-5-6-7-8-9-10-11-12-13-14-15-16-17-18-21(27)26-23(19-20-23)22(24)25-2/h10-11H,3-9,12-20H2,1-2H3,(H2,24,25)(H,26,27)/b11-10-. The maximum atomic E-state index is 12.0. The van der Waals surface area contributed by atoms with E-state index < -0.39 is 0 Å². The van der Waals surface area contributed by atoms with E-state index in [2.05, 4.69) is 29.4 Å². The monoisotopic (exact) mass is 377 g/mol. The summed E-state index contributed by atoms with van der Waals surface area (Å²) in [5.41, 5.74) is 5.57. The van der Waals surface area contributed by atoms with E-state index in [0.29, 0.717) is 12.3 Å². The Labute approximate surface area is 167 Å². The number of carbonyl (C=O) groups excluding carboxylic acids is 1. The summed E-state index contributed by atoms with van der Waals surface area (Å²) in [4.78, 5) is 16.0. The summed E-state index contributed by atoms with van der Waals surface area (Å²) in [6, 6.07) is 0. The number of carbonyl (C=O) groups is 1. The number of nitrogens with zero attached hydrogens (tertiary/aromatic N) is 1. The average molecular weight is 378 g/mol. The number of amides is 1. The van der Waals surface area contributed by atoms with Crippen LogP contribution in [0.15, 0.2) is 17.1 Å². The largest absolute Gasteiger partial charge is 0.386 e. The molecule has 0 atom stereocenters. The molecule has 0 radical (unpaired) electrons. The van der Waals surface area contributed by atoms with Gasteiger partial charge in [-0.1, -0.05) is 70.4 Å². The third kappa shape index (κ3) is 11.2. The summed E-state index contributed by atoms with van der Waals surface area (Å²) < 4.78 is 0. The molecule has 0 spiro atoms. The van der Waals surface area contributed by atoms with Gasteiger partial charge in [0.15, 0.2) is 0 Å². The van der Waals surface area contributed by atoms with Crippen LogP contribution in [0, 0.1) is 0 Å². The van der Waals surface area contributed by atoms with Gasteiger partial charge in [0.25, 0.3) is 0 Å². The molecule has 1 rings (SSSR count). The van der Waals surface area contributed by atoms with Crippen LogP contribution in [0.25, 0.3) is 0 Å². The van der Waals surface area contributed by atoms with Crippen LogP contribution in [0.2, 0.25) is 0 Å². The molecule has 1 fully saturated rings. The van der Waals surface area contributed by atoms with Crippen molar-refractivity contribution in [1.29, 1.82) is 0 Å². The van der Waals surface area contributed by atoms with Gasteiger partial charge in [-0.3, -0.25) is 9.79 Å². The van der Waals surface area contributed by atoms with Gasteiger partial charge in [-0.05, 0) is 44.9 Å². The second-order valence-corrected chi connectivity index (χ2v) is 8.07. The Morgan fingerprint density at radius 3 is 1.96 bits per heavy atom. The molecular weight excluding hydrogens is 334 g/mol. The van der Waals surface area contributed by atoms with Crippen molar-refractivity contribution in [3.63, 3.8) is 0 Å². The molecule has 0 aromatic heterocycles. The van der Waals surface area contributed by atoms with E-state index in [1.807, 2.05) is 0 Å². The maximum Gasteiger partial charge on any atom is 0.220 e. The Morgan fingerprint density at radius 1 is 0.926 bits per heavy atom. The van der Waals surface area contributed by atoms with Gasteiger partial charge in [-0.15, -0.1) is 0 Å². The van der Waals surface area contributed by atoms with Gasteiger partial charge in [0.05, 0.1) is 5.54 Å². The molecule has 0 heterocycles. The van der Waals surface area contributed by atoms with Crippen LogP contribution in [-0.4, -0.2) is 24.3 Å². The van der Waals surface area contributed by atoms with Crippen LogP contribution in [0.1, 0.15) is 110 Å². The lowest BCUT2D eigenvalue weighted by Gasteiger charge is -2.16. The van der Waals surface area contributed by atoms with Crippen LogP contribution < -0.4 is 11.1 Å². The Kier molecular flexibility index (Phi) is 12.9. The number of nitrogens with two attached hydrogens (primary N) is 1. The van der Waals surface area contributed by atoms with Gasteiger partial charge >= 0.3 is 0 Å². The number of nitrogens with one attached hydrogen (secondary N) is 1. The molecule has 0 aromatic rings. The maximum absolute atomic E-state index is 12.0. The van der Waals surface area contributed by atoms with Crippen LogP contribution in [-0.2, 0) is 4.79 Å². The lowest BCUT2D eigenvalue weighted by molar-refractivity contribution is -0.121. The molecule has 1 aliphatic carbocycles. The molecular formula is C23H43N3O. The molecule has 1 aliphatic rings. The smallest absolute Gasteiger partial charge is 0.220 e. The summed E-state index contributed by atoms with van der Waals surface area (Å²) in [6.07, 6.45) is 23.8. The number of aliphatic imine (C=N–C) groups is 1. The third-order valence-electron chi connectivity index (χ3n) is 5.53. The van der Waals surface area contributed by atoms with Crippen molar-refractivity contribution in [3.8, 4) is 0 Å². The van der Waals surface area contributed by atoms with Crippen molar-refractivity contribution in [2.45, 2.75) is 115 Å². The molecule has 0 bridgehead atoms. The van der Waals surface area contributed by atoms with Crippen molar-refractivity contribution in [3.05, 3.63) is 12.2 Å². The second-order valence-electron chi connectivity index (χ2n) is 8.07. The SMILES string of the molecule is CCCCCCCC/C=C\CCCCCCCC(=O)NC1(/C(N)=N/C)CC1. The first-order chi connectivity index (χ1) is 13.1. The van der Waals surface area contributed by atoms with Gasteiger partial charge in [0.2, 0.25) is 5.91 Å². The summed E-state index contributed by atoms with van der Waals surface area (Å²) in [6.45, 7) is 2.27. The van der Waals surface area contributed by atoms with Gasteiger partial charge in [0.1, 0.15) is 5.84 Å². The highest BCUT2D eigenvalue weighted by molar-refractivity contribution is 5.96. The molecule has 1 amide bonds. The number of unbranched alkanes of at least 4 members (excludes halogenated alkanes) is 11. The predicted molar refractivity (Wildman–Crippen MR) is 117 cm³/mol. The number of rotatable bonds is 17. The fraction of sp³-hybridized carbons (Fsp3) is 0.826. The summed E-state index contributed by atoms with van der Waals surface area (Å²) in [5.74, 6) is 0.692. The van der Waals surface area contributed by atoms with Crippen LogP contribution in [0.5, 0.6) is 0 Å². The highest BCUT2D eigenvalue weighted by Crippen LogP contribution is 2.35. The molecule has 0 aliphatic heterocycles. The fourth-order valence-corrected chi connectivity index (χ4v) is 3.47. The van der Waals surface area contributed by atoms with E-state index >= 15 is 0 Å². The first kappa shape index (κ1) is 23.7. The van der Waals surface area contributed by atoms with Gasteiger partial charge in [-0.25, -0.2) is 0 Å². The molecule has 0 aromatic carbocycles. The van der Waals surface area contributed by atoms with Gasteiger partial charge < -0.3 is 11.1 Å². The Hall–Kier alpha value is -1.32. The van der Waals surface area contributed by atoms with Crippen molar-refractivity contribution < 1.29 is 4.79 Å². The first-order valence-electron chi connectivity index (χ1n) is 11.3. The molecule has 1 saturated carbocycles. The zero-order valence-electron chi connectivity index (χ0n) is 17.9. The van der Waals surface area contributed by atoms with E-state index in [4.69, 9.17) is 5.73 Å². The minimum atomic E-state index is -0.312. The molecule has 3 N–H and O–H groups in total. The van der Waals surface area contributed by atoms with Gasteiger partial charge in [0, 0.05) is 13.5 Å². The molecule has 4 nitrogen and oxygen atoms in total. The minimum absolute atomic E-state index is 0.122. The zero-order valence-corrected chi connectivity index (χ0v) is 17.9. The van der Waals surface area contributed by atoms with Crippen molar-refractivity contribution in [2.75, 3.05) is 7.05 Å². The highest BCUT2D eigenvalue weighted by Gasteiger charge is 2.47. The summed E-state index contributed by atoms with van der Waals surface area (Å²) in [5, 5.41) is 3.06.